The van der Waals surface area contributed by atoms with Crippen molar-refractivity contribution in [1.82, 2.24) is 9.80 Å². The van der Waals surface area contributed by atoms with Gasteiger partial charge in [-0.05, 0) is 48.8 Å². The van der Waals surface area contributed by atoms with Crippen LogP contribution in [0.4, 0.5) is 0 Å². The summed E-state index contributed by atoms with van der Waals surface area (Å²) in [6.45, 7) is 7.14. The lowest BCUT2D eigenvalue weighted by molar-refractivity contribution is -0.139. The van der Waals surface area contributed by atoms with Crippen LogP contribution < -0.4 is 9.47 Å². The maximum Gasteiger partial charge on any atom is 0.253 e. The molecule has 2 amide bonds. The molecule has 7 heteroatoms. The van der Waals surface area contributed by atoms with Crippen LogP contribution in [0.3, 0.4) is 0 Å². The fraction of sp³-hybridized carbons (Fsp3) is 0.455. The molecule has 0 radical (unpaired) electrons. The van der Waals surface area contributed by atoms with E-state index in [4.69, 9.17) is 14.2 Å². The molecular formula is C22H28N2O5. The number of rotatable bonds is 7. The van der Waals surface area contributed by atoms with Crippen LogP contribution in [-0.2, 0) is 14.3 Å². The number of methoxy groups -OCH3 is 1. The Balaban J connectivity index is 1.63. The first-order valence-corrected chi connectivity index (χ1v) is 9.90. The summed E-state index contributed by atoms with van der Waals surface area (Å²) >= 11 is 0. The van der Waals surface area contributed by atoms with Gasteiger partial charge >= 0.3 is 0 Å². The number of hydrogen-bond donors (Lipinski definition) is 0. The molecule has 0 spiro atoms. The lowest BCUT2D eigenvalue weighted by Gasteiger charge is -2.26. The summed E-state index contributed by atoms with van der Waals surface area (Å²) in [4.78, 5) is 27.6. The minimum absolute atomic E-state index is 0.274. The highest BCUT2D eigenvalue weighted by Crippen LogP contribution is 2.33. The molecular weight excluding hydrogens is 372 g/mol. The van der Waals surface area contributed by atoms with E-state index < -0.39 is 0 Å². The minimum atomic E-state index is -0.318. The normalized spacial score (nSPS) is 17.7. The third-order valence-electron chi connectivity index (χ3n) is 4.97. The van der Waals surface area contributed by atoms with E-state index in [0.717, 1.165) is 44.0 Å². The minimum Gasteiger partial charge on any atom is -0.493 e. The van der Waals surface area contributed by atoms with Crippen molar-refractivity contribution >= 4 is 17.9 Å². The largest absolute Gasteiger partial charge is 0.493 e. The van der Waals surface area contributed by atoms with Crippen molar-refractivity contribution in [2.24, 2.45) is 0 Å². The summed E-state index contributed by atoms with van der Waals surface area (Å²) in [5.74, 6) is 0.738. The Hall–Kier alpha value is -2.64. The second-order valence-electron chi connectivity index (χ2n) is 7.02. The van der Waals surface area contributed by atoms with Crippen LogP contribution in [0.2, 0.25) is 0 Å². The van der Waals surface area contributed by atoms with E-state index in [9.17, 15) is 9.59 Å². The Morgan fingerprint density at radius 3 is 2.76 bits per heavy atom. The number of benzene rings is 1. The zero-order chi connectivity index (χ0) is 20.6. The highest BCUT2D eigenvalue weighted by atomic mass is 16.5. The summed E-state index contributed by atoms with van der Waals surface area (Å²) in [5, 5.41) is 0. The zero-order valence-electron chi connectivity index (χ0n) is 17.1. The molecule has 0 saturated carbocycles. The van der Waals surface area contributed by atoms with Gasteiger partial charge in [-0.3, -0.25) is 19.4 Å². The Kier molecular flexibility index (Phi) is 7.43. The molecule has 7 nitrogen and oxygen atoms in total. The van der Waals surface area contributed by atoms with Crippen molar-refractivity contribution in [1.29, 1.82) is 0 Å². The van der Waals surface area contributed by atoms with E-state index in [2.05, 4.69) is 4.90 Å². The number of morpholine rings is 1. The molecule has 1 saturated heterocycles. The lowest BCUT2D eigenvalue weighted by Crippen LogP contribution is -2.38. The van der Waals surface area contributed by atoms with Gasteiger partial charge in [-0.2, -0.15) is 0 Å². The van der Waals surface area contributed by atoms with Crippen molar-refractivity contribution in [3.05, 3.63) is 41.5 Å². The number of hydrogen-bond acceptors (Lipinski definition) is 6. The van der Waals surface area contributed by atoms with Crippen molar-refractivity contribution in [2.75, 3.05) is 53.1 Å². The van der Waals surface area contributed by atoms with Gasteiger partial charge in [-0.15, -0.1) is 0 Å². The van der Waals surface area contributed by atoms with Gasteiger partial charge in [0.1, 0.15) is 6.61 Å². The summed E-state index contributed by atoms with van der Waals surface area (Å²) < 4.78 is 16.9. The summed E-state index contributed by atoms with van der Waals surface area (Å²) in [6, 6.07) is 3.77. The highest BCUT2D eigenvalue weighted by molar-refractivity contribution is 6.06. The van der Waals surface area contributed by atoms with Crippen LogP contribution in [0.15, 0.2) is 30.4 Å². The van der Waals surface area contributed by atoms with Crippen molar-refractivity contribution in [2.45, 2.75) is 13.3 Å². The summed E-state index contributed by atoms with van der Waals surface area (Å²) in [7, 11) is 1.60. The number of carbonyl (C=O) groups is 2. The van der Waals surface area contributed by atoms with Crippen LogP contribution in [0.5, 0.6) is 11.5 Å². The van der Waals surface area contributed by atoms with E-state index >= 15 is 0 Å². The number of ether oxygens (including phenoxy) is 3. The third-order valence-corrected chi connectivity index (χ3v) is 4.97. The van der Waals surface area contributed by atoms with Gasteiger partial charge in [-0.1, -0.05) is 6.08 Å². The van der Waals surface area contributed by atoms with Gasteiger partial charge in [0, 0.05) is 32.3 Å². The highest BCUT2D eigenvalue weighted by Gasteiger charge is 2.19. The molecule has 2 aliphatic heterocycles. The van der Waals surface area contributed by atoms with E-state index in [0.29, 0.717) is 31.1 Å². The Morgan fingerprint density at radius 1 is 1.24 bits per heavy atom. The molecule has 156 valence electrons. The quantitative estimate of drug-likeness (QED) is 0.653. The Morgan fingerprint density at radius 2 is 2.03 bits per heavy atom. The topological polar surface area (TPSA) is 68.3 Å². The van der Waals surface area contributed by atoms with Crippen LogP contribution in [0.1, 0.15) is 17.5 Å². The van der Waals surface area contributed by atoms with E-state index in [1.807, 2.05) is 19.1 Å². The molecule has 0 aromatic heterocycles. The second kappa shape index (κ2) is 10.2. The maximum absolute atomic E-state index is 12.3. The van der Waals surface area contributed by atoms with Crippen molar-refractivity contribution in [3.8, 4) is 11.5 Å². The third kappa shape index (κ3) is 5.68. The average Bonchev–Trinajstić information content (AvgIpc) is 2.74. The predicted molar refractivity (Wildman–Crippen MR) is 110 cm³/mol. The summed E-state index contributed by atoms with van der Waals surface area (Å²) in [5.41, 5.74) is 1.74. The van der Waals surface area contributed by atoms with Gasteiger partial charge in [0.05, 0.1) is 20.3 Å². The standard InChI is InChI=1S/C22H28N2O5/c1-17-15-18(6-7-21(26)24-8-4-3-5-20(24)25)16-19(27-2)22(17)29-14-11-23-9-12-28-13-10-23/h3,5-7,15-16H,4,8-14H2,1-2H3/b7-6+. The smallest absolute Gasteiger partial charge is 0.253 e. The van der Waals surface area contributed by atoms with Crippen molar-refractivity contribution < 1.29 is 23.8 Å². The monoisotopic (exact) mass is 400 g/mol. The molecule has 1 aromatic rings. The number of imide groups is 1. The SMILES string of the molecule is COc1cc(/C=C/C(=O)N2CCC=CC2=O)cc(C)c1OCCN1CCOCC1. The fourth-order valence-electron chi connectivity index (χ4n) is 3.37. The maximum atomic E-state index is 12.3. The van der Waals surface area contributed by atoms with Gasteiger partial charge in [-0.25, -0.2) is 0 Å². The van der Waals surface area contributed by atoms with E-state index in [1.54, 1.807) is 19.3 Å². The molecule has 1 fully saturated rings. The van der Waals surface area contributed by atoms with E-state index in [1.165, 1.54) is 17.1 Å². The van der Waals surface area contributed by atoms with Gasteiger partial charge in [0.25, 0.3) is 11.8 Å². The predicted octanol–water partition coefficient (Wildman–Crippen LogP) is 2.04. The van der Waals surface area contributed by atoms with Crippen LogP contribution in [0, 0.1) is 6.92 Å². The number of amides is 2. The molecule has 1 aromatic carbocycles. The number of carbonyl (C=O) groups excluding carboxylic acids is 2. The molecule has 29 heavy (non-hydrogen) atoms. The average molecular weight is 400 g/mol. The van der Waals surface area contributed by atoms with Gasteiger partial charge in [0.2, 0.25) is 0 Å². The molecule has 0 N–H and O–H groups in total. The first kappa shape index (κ1) is 21.1. The zero-order valence-corrected chi connectivity index (χ0v) is 17.1. The molecule has 3 rings (SSSR count). The van der Waals surface area contributed by atoms with E-state index in [-0.39, 0.29) is 11.8 Å². The molecule has 2 heterocycles. The first-order chi connectivity index (χ1) is 14.1. The van der Waals surface area contributed by atoms with Crippen LogP contribution >= 0.6 is 0 Å². The first-order valence-electron chi connectivity index (χ1n) is 9.90. The second-order valence-corrected chi connectivity index (χ2v) is 7.02. The Labute approximate surface area is 171 Å². The van der Waals surface area contributed by atoms with Crippen LogP contribution in [-0.4, -0.2) is 74.7 Å². The number of aryl methyl sites for hydroxylation is 1. The van der Waals surface area contributed by atoms with Gasteiger partial charge in [0.15, 0.2) is 11.5 Å². The molecule has 2 aliphatic rings. The Bertz CT molecular complexity index is 797. The van der Waals surface area contributed by atoms with Gasteiger partial charge < -0.3 is 14.2 Å². The van der Waals surface area contributed by atoms with Crippen molar-refractivity contribution in [3.63, 3.8) is 0 Å². The molecule has 0 bridgehead atoms. The molecule has 0 aliphatic carbocycles. The fourth-order valence-corrected chi connectivity index (χ4v) is 3.37. The number of nitrogens with zero attached hydrogens (tertiary/aromatic N) is 2. The lowest BCUT2D eigenvalue weighted by atomic mass is 10.1. The van der Waals surface area contributed by atoms with Crippen LogP contribution in [0.25, 0.3) is 6.08 Å². The summed E-state index contributed by atoms with van der Waals surface area (Å²) in [6.07, 6.45) is 7.02. The molecule has 0 unspecified atom stereocenters. The molecule has 0 atom stereocenters.